The summed E-state index contributed by atoms with van der Waals surface area (Å²) in [5.41, 5.74) is 7.16. The molecular formula is C13H20N4OS. The predicted molar refractivity (Wildman–Crippen MR) is 79.5 cm³/mol. The lowest BCUT2D eigenvalue weighted by atomic mass is 10.2. The highest BCUT2D eigenvalue weighted by Gasteiger charge is 2.20. The van der Waals surface area contributed by atoms with Gasteiger partial charge in [-0.1, -0.05) is 12.2 Å². The molecule has 2 heterocycles. The van der Waals surface area contributed by atoms with E-state index in [2.05, 4.69) is 21.8 Å². The Morgan fingerprint density at radius 2 is 2.37 bits per heavy atom. The number of hydrogen-bond acceptors (Lipinski definition) is 5. The molecule has 1 unspecified atom stereocenters. The van der Waals surface area contributed by atoms with E-state index in [0.29, 0.717) is 16.6 Å². The number of anilines is 1. The molecule has 104 valence electrons. The maximum absolute atomic E-state index is 5.67. The molecule has 0 radical (unpaired) electrons. The molecule has 1 aromatic heterocycles. The quantitative estimate of drug-likeness (QED) is 0.823. The molecule has 2 rings (SSSR count). The number of nitrogens with zero attached hydrogens (tertiary/aromatic N) is 3. The number of nitrogens with two attached hydrogens (primary N) is 1. The van der Waals surface area contributed by atoms with Crippen LogP contribution in [-0.2, 0) is 4.74 Å². The van der Waals surface area contributed by atoms with Crippen molar-refractivity contribution in [1.29, 1.82) is 0 Å². The van der Waals surface area contributed by atoms with Crippen LogP contribution in [0.4, 0.5) is 5.95 Å². The Hall–Kier alpha value is -1.27. The van der Waals surface area contributed by atoms with Gasteiger partial charge < -0.3 is 15.4 Å². The zero-order valence-corrected chi connectivity index (χ0v) is 12.2. The van der Waals surface area contributed by atoms with E-state index < -0.39 is 0 Å². The van der Waals surface area contributed by atoms with Gasteiger partial charge in [-0.05, 0) is 32.8 Å². The Labute approximate surface area is 119 Å². The van der Waals surface area contributed by atoms with Crippen molar-refractivity contribution < 1.29 is 4.74 Å². The molecule has 0 saturated carbocycles. The lowest BCUT2D eigenvalue weighted by Crippen LogP contribution is -2.34. The van der Waals surface area contributed by atoms with Gasteiger partial charge in [0.15, 0.2) is 0 Å². The maximum Gasteiger partial charge on any atom is 0.226 e. The molecule has 1 aliphatic heterocycles. The van der Waals surface area contributed by atoms with Gasteiger partial charge in [-0.25, -0.2) is 9.97 Å². The molecule has 1 aliphatic rings. The van der Waals surface area contributed by atoms with Gasteiger partial charge in [-0.15, -0.1) is 0 Å². The summed E-state index contributed by atoms with van der Waals surface area (Å²) in [6.07, 6.45) is 2.51. The van der Waals surface area contributed by atoms with Crippen LogP contribution in [0.3, 0.4) is 0 Å². The largest absolute Gasteiger partial charge is 0.388 e. The van der Waals surface area contributed by atoms with E-state index in [1.54, 1.807) is 0 Å². The van der Waals surface area contributed by atoms with E-state index in [9.17, 15) is 0 Å². The van der Waals surface area contributed by atoms with Crippen LogP contribution in [0, 0.1) is 6.92 Å². The van der Waals surface area contributed by atoms with Gasteiger partial charge in [0, 0.05) is 25.4 Å². The van der Waals surface area contributed by atoms with Gasteiger partial charge in [0.2, 0.25) is 5.95 Å². The minimum atomic E-state index is 0.275. The molecule has 0 bridgehead atoms. The first-order chi connectivity index (χ1) is 9.10. The first-order valence-corrected chi connectivity index (χ1v) is 7.03. The van der Waals surface area contributed by atoms with Crippen LogP contribution in [0.15, 0.2) is 6.07 Å². The fourth-order valence-corrected chi connectivity index (χ4v) is 2.31. The summed E-state index contributed by atoms with van der Waals surface area (Å²) in [6.45, 7) is 6.51. The summed E-state index contributed by atoms with van der Waals surface area (Å²) < 4.78 is 5.67. The number of likely N-dealkylation sites (N-methyl/N-ethyl adjacent to an activating group) is 1. The first kappa shape index (κ1) is 14.1. The molecular weight excluding hydrogens is 260 g/mol. The Kier molecular flexibility index (Phi) is 4.66. The molecule has 2 N–H and O–H groups in total. The van der Waals surface area contributed by atoms with Crippen LogP contribution < -0.4 is 10.6 Å². The first-order valence-electron chi connectivity index (χ1n) is 6.62. The molecule has 1 fully saturated rings. The van der Waals surface area contributed by atoms with Gasteiger partial charge in [-0.2, -0.15) is 0 Å². The van der Waals surface area contributed by atoms with Crippen LogP contribution >= 0.6 is 12.2 Å². The third-order valence-electron chi connectivity index (χ3n) is 3.21. The summed E-state index contributed by atoms with van der Waals surface area (Å²) in [4.78, 5) is 11.3. The van der Waals surface area contributed by atoms with Crippen molar-refractivity contribution in [3.05, 3.63) is 17.5 Å². The second-order valence-electron chi connectivity index (χ2n) is 4.73. The zero-order chi connectivity index (χ0) is 13.8. The van der Waals surface area contributed by atoms with E-state index in [1.165, 1.54) is 0 Å². The second-order valence-corrected chi connectivity index (χ2v) is 5.17. The van der Waals surface area contributed by atoms with Crippen molar-refractivity contribution in [3.8, 4) is 0 Å². The molecule has 1 saturated heterocycles. The van der Waals surface area contributed by atoms with Crippen LogP contribution in [-0.4, -0.2) is 40.8 Å². The Balaban J connectivity index is 2.19. The summed E-state index contributed by atoms with van der Waals surface area (Å²) in [7, 11) is 0. The molecule has 0 spiro atoms. The van der Waals surface area contributed by atoms with Gasteiger partial charge in [0.1, 0.15) is 10.7 Å². The summed E-state index contributed by atoms with van der Waals surface area (Å²) in [5.74, 6) is 0.681. The fraction of sp³-hybridized carbons (Fsp3) is 0.615. The van der Waals surface area contributed by atoms with Gasteiger partial charge in [0.25, 0.3) is 0 Å². The highest BCUT2D eigenvalue weighted by atomic mass is 32.1. The molecule has 0 aromatic carbocycles. The molecule has 5 nitrogen and oxygen atoms in total. The average molecular weight is 280 g/mol. The average Bonchev–Trinajstić information content (AvgIpc) is 2.88. The van der Waals surface area contributed by atoms with E-state index in [1.807, 2.05) is 13.0 Å². The van der Waals surface area contributed by atoms with Crippen molar-refractivity contribution in [2.75, 3.05) is 24.6 Å². The molecule has 0 aliphatic carbocycles. The van der Waals surface area contributed by atoms with Gasteiger partial charge in [0.05, 0.1) is 6.10 Å². The summed E-state index contributed by atoms with van der Waals surface area (Å²) in [5, 5.41) is 0. The lowest BCUT2D eigenvalue weighted by Gasteiger charge is -2.24. The van der Waals surface area contributed by atoms with Crippen LogP contribution in [0.5, 0.6) is 0 Å². The number of aryl methyl sites for hydroxylation is 1. The number of thiocarbonyl (C=S) groups is 1. The van der Waals surface area contributed by atoms with Gasteiger partial charge in [-0.3, -0.25) is 0 Å². The lowest BCUT2D eigenvalue weighted by molar-refractivity contribution is 0.115. The van der Waals surface area contributed by atoms with E-state index in [4.69, 9.17) is 22.7 Å². The molecule has 0 amide bonds. The molecule has 6 heteroatoms. The Bertz CT molecular complexity index is 460. The molecule has 1 atom stereocenters. The van der Waals surface area contributed by atoms with Gasteiger partial charge >= 0.3 is 0 Å². The third kappa shape index (κ3) is 3.61. The number of aromatic nitrogens is 2. The van der Waals surface area contributed by atoms with Crippen molar-refractivity contribution >= 4 is 23.2 Å². The zero-order valence-electron chi connectivity index (χ0n) is 11.4. The molecule has 19 heavy (non-hydrogen) atoms. The third-order valence-corrected chi connectivity index (χ3v) is 3.42. The van der Waals surface area contributed by atoms with Crippen molar-refractivity contribution in [2.24, 2.45) is 5.73 Å². The Morgan fingerprint density at radius 3 is 2.95 bits per heavy atom. The summed E-state index contributed by atoms with van der Waals surface area (Å²) in [6, 6.07) is 1.81. The summed E-state index contributed by atoms with van der Waals surface area (Å²) >= 11 is 4.99. The standard InChI is InChI=1S/C13H20N4OS/c1-3-17(8-10-5-4-6-18-10)13-15-9(2)7-11(16-13)12(14)19/h7,10H,3-6,8H2,1-2H3,(H2,14,19). The van der Waals surface area contributed by atoms with Crippen molar-refractivity contribution in [3.63, 3.8) is 0 Å². The monoisotopic (exact) mass is 280 g/mol. The fourth-order valence-electron chi connectivity index (χ4n) is 2.21. The van der Waals surface area contributed by atoms with E-state index in [-0.39, 0.29) is 6.10 Å². The van der Waals surface area contributed by atoms with Crippen LogP contribution in [0.25, 0.3) is 0 Å². The SMILES string of the molecule is CCN(CC1CCCO1)c1nc(C)cc(C(N)=S)n1. The minimum absolute atomic E-state index is 0.275. The number of rotatable bonds is 5. The van der Waals surface area contributed by atoms with E-state index in [0.717, 1.165) is 38.2 Å². The van der Waals surface area contributed by atoms with E-state index >= 15 is 0 Å². The normalized spacial score (nSPS) is 18.5. The topological polar surface area (TPSA) is 64.3 Å². The van der Waals surface area contributed by atoms with Crippen molar-refractivity contribution in [2.45, 2.75) is 32.8 Å². The maximum atomic E-state index is 5.67. The minimum Gasteiger partial charge on any atom is -0.388 e. The van der Waals surface area contributed by atoms with Crippen molar-refractivity contribution in [1.82, 2.24) is 9.97 Å². The predicted octanol–water partition coefficient (Wildman–Crippen LogP) is 1.42. The highest BCUT2D eigenvalue weighted by Crippen LogP contribution is 2.17. The smallest absolute Gasteiger partial charge is 0.226 e. The van der Waals surface area contributed by atoms with Crippen LogP contribution in [0.1, 0.15) is 31.2 Å². The number of hydrogen-bond donors (Lipinski definition) is 1. The molecule has 1 aromatic rings. The second kappa shape index (κ2) is 6.25. The van der Waals surface area contributed by atoms with Crippen LogP contribution in [0.2, 0.25) is 0 Å². The highest BCUT2D eigenvalue weighted by molar-refractivity contribution is 7.80. The Morgan fingerprint density at radius 1 is 1.58 bits per heavy atom. The number of ether oxygens (including phenoxy) is 1.